The Bertz CT molecular complexity index is 305. The summed E-state index contributed by atoms with van der Waals surface area (Å²) >= 11 is 0. The van der Waals surface area contributed by atoms with E-state index in [-0.39, 0.29) is 11.6 Å². The lowest BCUT2D eigenvalue weighted by Gasteiger charge is -2.35. The highest BCUT2D eigenvalue weighted by molar-refractivity contribution is 5.15. The molecule has 15 heavy (non-hydrogen) atoms. The molecule has 0 amide bonds. The van der Waals surface area contributed by atoms with Crippen LogP contribution < -0.4 is 5.32 Å². The maximum atomic E-state index is 5.60. The van der Waals surface area contributed by atoms with Crippen LogP contribution in [0.1, 0.15) is 31.9 Å². The Morgan fingerprint density at radius 1 is 1.67 bits per heavy atom. The van der Waals surface area contributed by atoms with Gasteiger partial charge < -0.3 is 10.1 Å². The van der Waals surface area contributed by atoms with E-state index < -0.39 is 0 Å². The Morgan fingerprint density at radius 3 is 2.67 bits per heavy atom. The first kappa shape index (κ1) is 12.2. The molecule has 0 aliphatic carbocycles. The molecule has 1 rings (SSSR count). The van der Waals surface area contributed by atoms with E-state index in [1.54, 1.807) is 7.11 Å². The Kier molecular flexibility index (Phi) is 3.88. The van der Waals surface area contributed by atoms with E-state index in [0.29, 0.717) is 0 Å². The fourth-order valence-corrected chi connectivity index (χ4v) is 1.88. The van der Waals surface area contributed by atoms with Gasteiger partial charge in [0.1, 0.15) is 0 Å². The summed E-state index contributed by atoms with van der Waals surface area (Å²) in [6, 6.07) is 0.168. The van der Waals surface area contributed by atoms with E-state index in [1.165, 1.54) is 0 Å². The molecule has 1 aromatic rings. The molecule has 86 valence electrons. The SMILES string of the molecule is CCC(C)(OC)C(NC)c1cnn(C)c1. The van der Waals surface area contributed by atoms with Crippen molar-refractivity contribution in [2.45, 2.75) is 31.9 Å². The van der Waals surface area contributed by atoms with Gasteiger partial charge in [-0.05, 0) is 20.4 Å². The average molecular weight is 211 g/mol. The molecular weight excluding hydrogens is 190 g/mol. The monoisotopic (exact) mass is 211 g/mol. The van der Waals surface area contributed by atoms with Gasteiger partial charge in [-0.1, -0.05) is 6.92 Å². The van der Waals surface area contributed by atoms with Gasteiger partial charge >= 0.3 is 0 Å². The number of nitrogens with one attached hydrogen (secondary N) is 1. The first-order valence-electron chi connectivity index (χ1n) is 5.28. The van der Waals surface area contributed by atoms with Gasteiger partial charge in [0, 0.05) is 25.9 Å². The average Bonchev–Trinajstić information content (AvgIpc) is 2.65. The normalized spacial score (nSPS) is 17.4. The first-order chi connectivity index (χ1) is 7.07. The van der Waals surface area contributed by atoms with Crippen LogP contribution in [0.3, 0.4) is 0 Å². The molecule has 0 saturated heterocycles. The number of hydrogen-bond donors (Lipinski definition) is 1. The van der Waals surface area contributed by atoms with Gasteiger partial charge in [-0.15, -0.1) is 0 Å². The number of methoxy groups -OCH3 is 1. The summed E-state index contributed by atoms with van der Waals surface area (Å²) in [6.07, 6.45) is 4.85. The quantitative estimate of drug-likeness (QED) is 0.802. The number of likely N-dealkylation sites (N-methyl/N-ethyl adjacent to an activating group) is 1. The standard InChI is InChI=1S/C11H21N3O/c1-6-11(2,15-5)10(12-3)9-7-13-14(4)8-9/h7-8,10,12H,6H2,1-5H3. The molecule has 0 saturated carbocycles. The topological polar surface area (TPSA) is 39.1 Å². The van der Waals surface area contributed by atoms with Crippen LogP contribution in [0.25, 0.3) is 0 Å². The number of aryl methyl sites for hydroxylation is 1. The lowest BCUT2D eigenvalue weighted by Crippen LogP contribution is -2.41. The number of rotatable bonds is 5. The van der Waals surface area contributed by atoms with Crippen LogP contribution in [0, 0.1) is 0 Å². The fourth-order valence-electron chi connectivity index (χ4n) is 1.88. The predicted octanol–water partition coefficient (Wildman–Crippen LogP) is 1.50. The highest BCUT2D eigenvalue weighted by Gasteiger charge is 2.33. The second-order valence-corrected chi connectivity index (χ2v) is 4.04. The van der Waals surface area contributed by atoms with Gasteiger partial charge in [0.25, 0.3) is 0 Å². The van der Waals surface area contributed by atoms with E-state index >= 15 is 0 Å². The predicted molar refractivity (Wildman–Crippen MR) is 60.7 cm³/mol. The molecule has 1 N–H and O–H groups in total. The molecule has 1 heterocycles. The summed E-state index contributed by atoms with van der Waals surface area (Å²) < 4.78 is 7.42. The summed E-state index contributed by atoms with van der Waals surface area (Å²) in [6.45, 7) is 4.24. The van der Waals surface area contributed by atoms with Crippen LogP contribution in [0.2, 0.25) is 0 Å². The van der Waals surface area contributed by atoms with Crippen molar-refractivity contribution in [3.63, 3.8) is 0 Å². The fraction of sp³-hybridized carbons (Fsp3) is 0.727. The van der Waals surface area contributed by atoms with Crippen molar-refractivity contribution in [3.05, 3.63) is 18.0 Å². The second-order valence-electron chi connectivity index (χ2n) is 4.04. The minimum absolute atomic E-state index is 0.168. The molecule has 2 atom stereocenters. The third kappa shape index (κ3) is 2.38. The summed E-state index contributed by atoms with van der Waals surface area (Å²) in [5, 5.41) is 7.48. The smallest absolute Gasteiger partial charge is 0.0843 e. The molecule has 4 nitrogen and oxygen atoms in total. The Balaban J connectivity index is 2.97. The van der Waals surface area contributed by atoms with Gasteiger partial charge in [-0.2, -0.15) is 5.10 Å². The third-order valence-corrected chi connectivity index (χ3v) is 3.13. The van der Waals surface area contributed by atoms with Crippen LogP contribution in [0.15, 0.2) is 12.4 Å². The molecule has 0 fully saturated rings. The number of hydrogen-bond acceptors (Lipinski definition) is 3. The Hall–Kier alpha value is -0.870. The van der Waals surface area contributed by atoms with Gasteiger partial charge in [0.05, 0.1) is 17.8 Å². The van der Waals surface area contributed by atoms with E-state index in [2.05, 4.69) is 24.3 Å². The minimum atomic E-state index is -0.197. The molecule has 0 aliphatic heterocycles. The van der Waals surface area contributed by atoms with Crippen molar-refractivity contribution in [3.8, 4) is 0 Å². The van der Waals surface area contributed by atoms with Gasteiger partial charge in [-0.25, -0.2) is 0 Å². The van der Waals surface area contributed by atoms with Crippen molar-refractivity contribution in [2.75, 3.05) is 14.2 Å². The maximum Gasteiger partial charge on any atom is 0.0843 e. The molecule has 0 aliphatic rings. The molecule has 2 unspecified atom stereocenters. The van der Waals surface area contributed by atoms with E-state index in [9.17, 15) is 0 Å². The van der Waals surface area contributed by atoms with Gasteiger partial charge in [0.2, 0.25) is 0 Å². The van der Waals surface area contributed by atoms with Gasteiger partial charge in [-0.3, -0.25) is 4.68 Å². The van der Waals surface area contributed by atoms with E-state index in [1.807, 2.05) is 31.2 Å². The molecule has 1 aromatic heterocycles. The molecule has 0 spiro atoms. The number of aromatic nitrogens is 2. The summed E-state index contributed by atoms with van der Waals surface area (Å²) in [5.74, 6) is 0. The van der Waals surface area contributed by atoms with Crippen LogP contribution in [-0.4, -0.2) is 29.5 Å². The molecule has 0 bridgehead atoms. The van der Waals surface area contributed by atoms with Gasteiger partial charge in [0.15, 0.2) is 0 Å². The lowest BCUT2D eigenvalue weighted by atomic mass is 9.89. The zero-order valence-electron chi connectivity index (χ0n) is 10.2. The Morgan fingerprint density at radius 2 is 2.33 bits per heavy atom. The van der Waals surface area contributed by atoms with E-state index in [4.69, 9.17) is 4.74 Å². The van der Waals surface area contributed by atoms with Crippen LogP contribution in [-0.2, 0) is 11.8 Å². The molecular formula is C11H21N3O. The van der Waals surface area contributed by atoms with E-state index in [0.717, 1.165) is 12.0 Å². The van der Waals surface area contributed by atoms with Crippen molar-refractivity contribution in [1.29, 1.82) is 0 Å². The maximum absolute atomic E-state index is 5.60. The zero-order chi connectivity index (χ0) is 11.5. The summed E-state index contributed by atoms with van der Waals surface area (Å²) in [4.78, 5) is 0. The Labute approximate surface area is 91.6 Å². The number of ether oxygens (including phenoxy) is 1. The molecule has 0 radical (unpaired) electrons. The minimum Gasteiger partial charge on any atom is -0.377 e. The number of nitrogens with zero attached hydrogens (tertiary/aromatic N) is 2. The lowest BCUT2D eigenvalue weighted by molar-refractivity contribution is -0.0280. The largest absolute Gasteiger partial charge is 0.377 e. The zero-order valence-corrected chi connectivity index (χ0v) is 10.2. The highest BCUT2D eigenvalue weighted by atomic mass is 16.5. The van der Waals surface area contributed by atoms with Crippen molar-refractivity contribution in [1.82, 2.24) is 15.1 Å². The first-order valence-corrected chi connectivity index (χ1v) is 5.28. The third-order valence-electron chi connectivity index (χ3n) is 3.13. The summed E-state index contributed by atoms with van der Waals surface area (Å²) in [5.41, 5.74) is 0.962. The molecule has 4 heteroatoms. The van der Waals surface area contributed by atoms with Crippen molar-refractivity contribution >= 4 is 0 Å². The van der Waals surface area contributed by atoms with Crippen LogP contribution in [0.5, 0.6) is 0 Å². The summed E-state index contributed by atoms with van der Waals surface area (Å²) in [7, 11) is 5.63. The van der Waals surface area contributed by atoms with Crippen LogP contribution in [0.4, 0.5) is 0 Å². The van der Waals surface area contributed by atoms with Crippen molar-refractivity contribution < 1.29 is 4.74 Å². The highest BCUT2D eigenvalue weighted by Crippen LogP contribution is 2.30. The molecule has 0 aromatic carbocycles. The van der Waals surface area contributed by atoms with Crippen molar-refractivity contribution in [2.24, 2.45) is 7.05 Å². The second kappa shape index (κ2) is 4.77. The van der Waals surface area contributed by atoms with Crippen LogP contribution >= 0.6 is 0 Å².